The van der Waals surface area contributed by atoms with Gasteiger partial charge in [-0.15, -0.1) is 0 Å². The van der Waals surface area contributed by atoms with Crippen LogP contribution in [-0.4, -0.2) is 22.7 Å². The standard InChI is InChI=1S/C12H19N3O/c1-2-8-13-10(3-1)6-7-11-14-12(15-16-11)9-4-5-9/h9-10,13H,1-8H2. The van der Waals surface area contributed by atoms with E-state index in [-0.39, 0.29) is 0 Å². The van der Waals surface area contributed by atoms with Gasteiger partial charge in [0.1, 0.15) is 0 Å². The third-order valence-corrected chi connectivity index (χ3v) is 3.55. The fourth-order valence-corrected chi connectivity index (χ4v) is 2.35. The maximum absolute atomic E-state index is 5.27. The molecule has 1 aromatic rings. The number of nitrogens with zero attached hydrogens (tertiary/aromatic N) is 2. The fraction of sp³-hybridized carbons (Fsp3) is 0.833. The average molecular weight is 221 g/mol. The monoisotopic (exact) mass is 221 g/mol. The summed E-state index contributed by atoms with van der Waals surface area (Å²) >= 11 is 0. The first-order chi connectivity index (χ1) is 7.92. The van der Waals surface area contributed by atoms with Gasteiger partial charge in [-0.25, -0.2) is 0 Å². The Kier molecular flexibility index (Phi) is 2.91. The van der Waals surface area contributed by atoms with Crippen molar-refractivity contribution in [3.05, 3.63) is 11.7 Å². The van der Waals surface area contributed by atoms with Crippen molar-refractivity contribution in [2.45, 2.75) is 56.9 Å². The topological polar surface area (TPSA) is 51.0 Å². The molecule has 0 amide bonds. The van der Waals surface area contributed by atoms with Crippen LogP contribution < -0.4 is 5.32 Å². The molecule has 0 radical (unpaired) electrons. The SMILES string of the molecule is C1CCC(CCc2nc(C3CC3)no2)NC1. The quantitative estimate of drug-likeness (QED) is 0.845. The Morgan fingerprint density at radius 3 is 2.94 bits per heavy atom. The average Bonchev–Trinajstić information content (AvgIpc) is 3.08. The molecular weight excluding hydrogens is 202 g/mol. The second-order valence-corrected chi connectivity index (χ2v) is 5.01. The maximum Gasteiger partial charge on any atom is 0.226 e. The molecule has 1 aliphatic carbocycles. The van der Waals surface area contributed by atoms with Crippen LogP contribution in [0.3, 0.4) is 0 Å². The molecule has 4 heteroatoms. The molecule has 2 fully saturated rings. The number of aromatic nitrogens is 2. The van der Waals surface area contributed by atoms with E-state index in [1.54, 1.807) is 0 Å². The molecule has 16 heavy (non-hydrogen) atoms. The number of rotatable bonds is 4. The molecule has 3 rings (SSSR count). The van der Waals surface area contributed by atoms with Crippen molar-refractivity contribution in [2.75, 3.05) is 6.54 Å². The van der Waals surface area contributed by atoms with Crippen LogP contribution in [0.15, 0.2) is 4.52 Å². The van der Waals surface area contributed by atoms with E-state index in [4.69, 9.17) is 4.52 Å². The predicted octanol–water partition coefficient (Wildman–Crippen LogP) is 2.02. The molecular formula is C12H19N3O. The van der Waals surface area contributed by atoms with E-state index in [0.29, 0.717) is 12.0 Å². The molecule has 88 valence electrons. The van der Waals surface area contributed by atoms with E-state index in [2.05, 4.69) is 15.5 Å². The van der Waals surface area contributed by atoms with E-state index >= 15 is 0 Å². The van der Waals surface area contributed by atoms with Crippen molar-refractivity contribution >= 4 is 0 Å². The van der Waals surface area contributed by atoms with Gasteiger partial charge in [-0.1, -0.05) is 11.6 Å². The number of hydrogen-bond acceptors (Lipinski definition) is 4. The van der Waals surface area contributed by atoms with Crippen molar-refractivity contribution in [1.82, 2.24) is 15.5 Å². The molecule has 2 aliphatic rings. The second kappa shape index (κ2) is 4.53. The second-order valence-electron chi connectivity index (χ2n) is 5.01. The first-order valence-corrected chi connectivity index (χ1v) is 6.47. The molecule has 4 nitrogen and oxygen atoms in total. The van der Waals surface area contributed by atoms with Gasteiger partial charge in [0.25, 0.3) is 0 Å². The smallest absolute Gasteiger partial charge is 0.226 e. The van der Waals surface area contributed by atoms with Gasteiger partial charge >= 0.3 is 0 Å². The highest BCUT2D eigenvalue weighted by molar-refractivity contribution is 5.03. The van der Waals surface area contributed by atoms with Crippen molar-refractivity contribution in [3.63, 3.8) is 0 Å². The number of aryl methyl sites for hydroxylation is 1. The van der Waals surface area contributed by atoms with E-state index in [9.17, 15) is 0 Å². The lowest BCUT2D eigenvalue weighted by Gasteiger charge is -2.22. The van der Waals surface area contributed by atoms with Gasteiger partial charge in [-0.3, -0.25) is 0 Å². The van der Waals surface area contributed by atoms with Crippen LogP contribution in [-0.2, 0) is 6.42 Å². The molecule has 0 bridgehead atoms. The maximum atomic E-state index is 5.27. The van der Waals surface area contributed by atoms with Crippen molar-refractivity contribution in [3.8, 4) is 0 Å². The van der Waals surface area contributed by atoms with Crippen LogP contribution in [0.5, 0.6) is 0 Å². The van der Waals surface area contributed by atoms with E-state index in [1.165, 1.54) is 38.6 Å². The first kappa shape index (κ1) is 10.3. The number of nitrogens with one attached hydrogen (secondary N) is 1. The first-order valence-electron chi connectivity index (χ1n) is 6.47. The lowest BCUT2D eigenvalue weighted by atomic mass is 10.0. The minimum absolute atomic E-state index is 0.602. The third-order valence-electron chi connectivity index (χ3n) is 3.55. The molecule has 1 aromatic heterocycles. The molecule has 1 N–H and O–H groups in total. The predicted molar refractivity (Wildman–Crippen MR) is 60.2 cm³/mol. The van der Waals surface area contributed by atoms with Gasteiger partial charge in [0.05, 0.1) is 0 Å². The lowest BCUT2D eigenvalue weighted by molar-refractivity contribution is 0.340. The molecule has 1 saturated carbocycles. The highest BCUT2D eigenvalue weighted by atomic mass is 16.5. The minimum Gasteiger partial charge on any atom is -0.339 e. The summed E-state index contributed by atoms with van der Waals surface area (Å²) < 4.78 is 5.27. The number of piperidine rings is 1. The van der Waals surface area contributed by atoms with Crippen molar-refractivity contribution in [1.29, 1.82) is 0 Å². The summed E-state index contributed by atoms with van der Waals surface area (Å²) in [5.41, 5.74) is 0. The summed E-state index contributed by atoms with van der Waals surface area (Å²) in [5, 5.41) is 7.58. The molecule has 1 aliphatic heterocycles. The van der Waals surface area contributed by atoms with Crippen molar-refractivity contribution in [2.24, 2.45) is 0 Å². The summed E-state index contributed by atoms with van der Waals surface area (Å²) in [6.45, 7) is 1.17. The summed E-state index contributed by atoms with van der Waals surface area (Å²) in [6.07, 6.45) is 8.51. The largest absolute Gasteiger partial charge is 0.339 e. The van der Waals surface area contributed by atoms with Gasteiger partial charge in [0.15, 0.2) is 5.82 Å². The Morgan fingerprint density at radius 1 is 1.25 bits per heavy atom. The molecule has 0 spiro atoms. The normalized spacial score (nSPS) is 25.9. The molecule has 1 saturated heterocycles. The Morgan fingerprint density at radius 2 is 2.19 bits per heavy atom. The van der Waals surface area contributed by atoms with Gasteiger partial charge in [-0.2, -0.15) is 4.98 Å². The van der Waals surface area contributed by atoms with Crippen LogP contribution >= 0.6 is 0 Å². The van der Waals surface area contributed by atoms with Crippen LogP contribution in [0.2, 0.25) is 0 Å². The highest BCUT2D eigenvalue weighted by Gasteiger charge is 2.28. The van der Waals surface area contributed by atoms with E-state index in [0.717, 1.165) is 24.6 Å². The number of hydrogen-bond donors (Lipinski definition) is 1. The summed E-state index contributed by atoms with van der Waals surface area (Å²) in [4.78, 5) is 4.45. The van der Waals surface area contributed by atoms with Crippen LogP contribution in [0.25, 0.3) is 0 Å². The zero-order chi connectivity index (χ0) is 10.8. The molecule has 2 heterocycles. The van der Waals surface area contributed by atoms with Crippen molar-refractivity contribution < 1.29 is 4.52 Å². The minimum atomic E-state index is 0.602. The summed E-state index contributed by atoms with van der Waals surface area (Å²) in [6, 6.07) is 0.657. The van der Waals surface area contributed by atoms with Crippen LogP contribution in [0.1, 0.15) is 56.2 Å². The zero-order valence-corrected chi connectivity index (χ0v) is 9.61. The Hall–Kier alpha value is -0.900. The summed E-state index contributed by atoms with van der Waals surface area (Å²) in [7, 11) is 0. The van der Waals surface area contributed by atoms with Gasteiger partial charge < -0.3 is 9.84 Å². The molecule has 1 atom stereocenters. The highest BCUT2D eigenvalue weighted by Crippen LogP contribution is 2.38. The van der Waals surface area contributed by atoms with Crippen LogP contribution in [0.4, 0.5) is 0 Å². The zero-order valence-electron chi connectivity index (χ0n) is 9.61. The van der Waals surface area contributed by atoms with Gasteiger partial charge in [0.2, 0.25) is 5.89 Å². The molecule has 1 unspecified atom stereocenters. The Balaban J connectivity index is 1.49. The van der Waals surface area contributed by atoms with E-state index in [1.807, 2.05) is 0 Å². The van der Waals surface area contributed by atoms with Gasteiger partial charge in [-0.05, 0) is 38.6 Å². The third kappa shape index (κ3) is 2.43. The van der Waals surface area contributed by atoms with Gasteiger partial charge in [0, 0.05) is 18.4 Å². The fourth-order valence-electron chi connectivity index (χ4n) is 2.35. The lowest BCUT2D eigenvalue weighted by Crippen LogP contribution is -2.34. The van der Waals surface area contributed by atoms with Crippen LogP contribution in [0, 0.1) is 0 Å². The van der Waals surface area contributed by atoms with E-state index < -0.39 is 0 Å². The molecule has 0 aromatic carbocycles. The Labute approximate surface area is 95.8 Å². The Bertz CT molecular complexity index is 340. The summed E-state index contributed by atoms with van der Waals surface area (Å²) in [5.74, 6) is 2.37.